The number of hydrogen-bond acceptors (Lipinski definition) is 4. The van der Waals surface area contributed by atoms with Gasteiger partial charge in [0.25, 0.3) is 5.91 Å². The van der Waals surface area contributed by atoms with Crippen molar-refractivity contribution in [2.75, 3.05) is 5.43 Å². The number of halogens is 3. The monoisotopic (exact) mass is 437 g/mol. The molecule has 0 radical (unpaired) electrons. The zero-order valence-corrected chi connectivity index (χ0v) is 17.4. The molecule has 0 saturated heterocycles. The van der Waals surface area contributed by atoms with Gasteiger partial charge >= 0.3 is 0 Å². The zero-order chi connectivity index (χ0) is 19.8. The van der Waals surface area contributed by atoms with Crippen LogP contribution in [0, 0.1) is 6.92 Å². The van der Waals surface area contributed by atoms with E-state index in [4.69, 9.17) is 39.8 Å². The highest BCUT2D eigenvalue weighted by Gasteiger charge is 2.21. The first-order valence-corrected chi connectivity index (χ1v) is 10.1. The Labute approximate surface area is 177 Å². The maximum atomic E-state index is 12.9. The van der Waals surface area contributed by atoms with Crippen molar-refractivity contribution in [1.82, 2.24) is 20.0 Å². The van der Waals surface area contributed by atoms with E-state index in [1.54, 1.807) is 18.2 Å². The summed E-state index contributed by atoms with van der Waals surface area (Å²) >= 11 is 18.2. The van der Waals surface area contributed by atoms with Gasteiger partial charge in [0.2, 0.25) is 0 Å². The molecule has 4 rings (SSSR count). The maximum Gasteiger partial charge on any atom is 0.272 e. The molecule has 0 atom stereocenters. The highest BCUT2D eigenvalue weighted by Crippen LogP contribution is 2.33. The molecule has 2 aromatic heterocycles. The fourth-order valence-electron chi connectivity index (χ4n) is 3.44. The Morgan fingerprint density at radius 3 is 2.57 bits per heavy atom. The van der Waals surface area contributed by atoms with E-state index in [9.17, 15) is 4.79 Å². The summed E-state index contributed by atoms with van der Waals surface area (Å²) in [5.74, 6) is 0.641. The Balaban J connectivity index is 1.66. The number of rotatable bonds is 3. The Hall–Kier alpha value is -2.02. The predicted molar refractivity (Wildman–Crippen MR) is 112 cm³/mol. The van der Waals surface area contributed by atoms with Gasteiger partial charge in [0, 0.05) is 23.7 Å². The van der Waals surface area contributed by atoms with Gasteiger partial charge in [0.05, 0.1) is 21.3 Å². The van der Waals surface area contributed by atoms with E-state index in [1.165, 1.54) is 6.42 Å². The van der Waals surface area contributed by atoms with E-state index in [2.05, 4.69) is 20.4 Å². The number of hydrazine groups is 1. The molecule has 1 aliphatic rings. The summed E-state index contributed by atoms with van der Waals surface area (Å²) in [5.41, 5.74) is 8.39. The smallest absolute Gasteiger partial charge is 0.272 e. The summed E-state index contributed by atoms with van der Waals surface area (Å²) in [5, 5.41) is 1.03. The Kier molecular flexibility index (Phi) is 5.36. The van der Waals surface area contributed by atoms with Gasteiger partial charge in [-0.05, 0) is 38.0 Å². The fraction of sp³-hybridized carbons (Fsp3) is 0.316. The van der Waals surface area contributed by atoms with Crippen LogP contribution in [0.4, 0.5) is 5.69 Å². The molecule has 2 N–H and O–H groups in total. The molecule has 28 heavy (non-hydrogen) atoms. The van der Waals surface area contributed by atoms with Crippen molar-refractivity contribution in [3.63, 3.8) is 0 Å². The number of carbonyl (C=O) groups is 1. The minimum atomic E-state index is -0.342. The van der Waals surface area contributed by atoms with Crippen LogP contribution in [0.1, 0.15) is 41.1 Å². The van der Waals surface area contributed by atoms with Crippen molar-refractivity contribution >= 4 is 57.6 Å². The van der Waals surface area contributed by atoms with Gasteiger partial charge in [-0.2, -0.15) is 0 Å². The third-order valence-electron chi connectivity index (χ3n) is 4.75. The Morgan fingerprint density at radius 1 is 1.07 bits per heavy atom. The van der Waals surface area contributed by atoms with Crippen molar-refractivity contribution in [3.8, 4) is 0 Å². The van der Waals surface area contributed by atoms with Crippen molar-refractivity contribution in [2.24, 2.45) is 0 Å². The number of imidazole rings is 1. The number of anilines is 1. The summed E-state index contributed by atoms with van der Waals surface area (Å²) in [6, 6.07) is 4.83. The van der Waals surface area contributed by atoms with Crippen molar-refractivity contribution < 1.29 is 4.79 Å². The second kappa shape index (κ2) is 7.78. The van der Waals surface area contributed by atoms with Gasteiger partial charge < -0.3 is 4.57 Å². The number of hydrogen-bond donors (Lipinski definition) is 2. The zero-order valence-electron chi connectivity index (χ0n) is 15.2. The minimum absolute atomic E-state index is 0.308. The van der Waals surface area contributed by atoms with E-state index < -0.39 is 0 Å². The molecule has 6 nitrogen and oxygen atoms in total. The van der Waals surface area contributed by atoms with Crippen molar-refractivity contribution in [2.45, 2.75) is 39.2 Å². The quantitative estimate of drug-likeness (QED) is 0.552. The number of nitrogens with zero attached hydrogens (tertiary/aromatic N) is 3. The fourth-order valence-corrected chi connectivity index (χ4v) is 4.35. The molecule has 0 saturated carbocycles. The molecule has 0 spiro atoms. The number of amides is 1. The van der Waals surface area contributed by atoms with E-state index in [1.807, 2.05) is 6.92 Å². The van der Waals surface area contributed by atoms with Gasteiger partial charge in [-0.1, -0.05) is 41.2 Å². The lowest BCUT2D eigenvalue weighted by molar-refractivity contribution is 0.0964. The van der Waals surface area contributed by atoms with Crippen LogP contribution in [0.15, 0.2) is 18.2 Å². The average Bonchev–Trinajstić information content (AvgIpc) is 2.82. The summed E-state index contributed by atoms with van der Waals surface area (Å²) in [6.45, 7) is 2.74. The minimum Gasteiger partial charge on any atom is -0.313 e. The van der Waals surface area contributed by atoms with Gasteiger partial charge in [-0.25, -0.2) is 9.97 Å². The molecule has 3 aromatic rings. The SMILES string of the molecule is Cc1cc(C(=O)NNc2c(Cl)cc(Cl)cc2Cl)c2nc3n(c2n1)CCCCC3. The number of benzene rings is 1. The van der Waals surface area contributed by atoms with Crippen LogP contribution in [0.5, 0.6) is 0 Å². The first-order valence-electron chi connectivity index (χ1n) is 9.01. The molecule has 1 aliphatic heterocycles. The van der Waals surface area contributed by atoms with Crippen LogP contribution in [-0.4, -0.2) is 20.4 Å². The first-order chi connectivity index (χ1) is 13.4. The predicted octanol–water partition coefficient (Wildman–Crippen LogP) is 5.18. The highest BCUT2D eigenvalue weighted by atomic mass is 35.5. The van der Waals surface area contributed by atoms with Crippen molar-refractivity contribution in [3.05, 3.63) is 50.3 Å². The molecule has 0 fully saturated rings. The lowest BCUT2D eigenvalue weighted by atomic mass is 10.2. The molecule has 1 aromatic carbocycles. The van der Waals surface area contributed by atoms with Crippen LogP contribution in [-0.2, 0) is 13.0 Å². The summed E-state index contributed by atoms with van der Waals surface area (Å²) in [6.07, 6.45) is 4.25. The van der Waals surface area contributed by atoms with E-state index >= 15 is 0 Å². The number of aromatic nitrogens is 3. The van der Waals surface area contributed by atoms with E-state index in [0.717, 1.165) is 43.0 Å². The molecular weight excluding hydrogens is 421 g/mol. The Bertz CT molecular complexity index is 1060. The van der Waals surface area contributed by atoms with Gasteiger partial charge in [0.1, 0.15) is 11.3 Å². The van der Waals surface area contributed by atoms with Crippen LogP contribution in [0.3, 0.4) is 0 Å². The summed E-state index contributed by atoms with van der Waals surface area (Å²) in [4.78, 5) is 22.2. The molecule has 0 bridgehead atoms. The normalized spacial score (nSPS) is 13.9. The highest BCUT2D eigenvalue weighted by molar-refractivity contribution is 6.41. The van der Waals surface area contributed by atoms with Crippen LogP contribution >= 0.6 is 34.8 Å². The molecule has 0 unspecified atom stereocenters. The number of pyridine rings is 1. The van der Waals surface area contributed by atoms with Crippen LogP contribution in [0.25, 0.3) is 11.2 Å². The lowest BCUT2D eigenvalue weighted by Gasteiger charge is -2.13. The van der Waals surface area contributed by atoms with Gasteiger partial charge in [0.15, 0.2) is 5.65 Å². The summed E-state index contributed by atoms with van der Waals surface area (Å²) in [7, 11) is 0. The Morgan fingerprint density at radius 2 is 1.82 bits per heavy atom. The van der Waals surface area contributed by atoms with Crippen LogP contribution < -0.4 is 10.9 Å². The van der Waals surface area contributed by atoms with Crippen LogP contribution in [0.2, 0.25) is 15.1 Å². The second-order valence-corrected chi connectivity index (χ2v) is 8.05. The largest absolute Gasteiger partial charge is 0.313 e. The number of nitrogens with one attached hydrogen (secondary N) is 2. The molecule has 146 valence electrons. The maximum absolute atomic E-state index is 12.9. The molecule has 1 amide bonds. The van der Waals surface area contributed by atoms with E-state index in [0.29, 0.717) is 31.8 Å². The first kappa shape index (κ1) is 19.3. The van der Waals surface area contributed by atoms with E-state index in [-0.39, 0.29) is 5.91 Å². The third-order valence-corrected chi connectivity index (χ3v) is 5.56. The topological polar surface area (TPSA) is 71.8 Å². The standard InChI is InChI=1S/C19H18Cl3N5O/c1-10-7-12(16-18(23-10)27-6-4-2-3-5-15(27)24-16)19(28)26-25-17-13(21)8-11(20)9-14(17)22/h7-9,25H,2-6H2,1H3,(H,26,28). The number of carbonyl (C=O) groups excluding carboxylic acids is 1. The number of aryl methyl sites for hydroxylation is 3. The molecule has 0 aliphatic carbocycles. The average molecular weight is 439 g/mol. The lowest BCUT2D eigenvalue weighted by Crippen LogP contribution is -2.30. The van der Waals surface area contributed by atoms with Gasteiger partial charge in [-0.3, -0.25) is 15.6 Å². The third kappa shape index (κ3) is 3.64. The number of fused-ring (bicyclic) bond motifs is 3. The molecule has 9 heteroatoms. The molecule has 3 heterocycles. The molecular formula is C19H18Cl3N5O. The van der Waals surface area contributed by atoms with Crippen molar-refractivity contribution in [1.29, 1.82) is 0 Å². The second-order valence-electron chi connectivity index (χ2n) is 6.80. The summed E-state index contributed by atoms with van der Waals surface area (Å²) < 4.78 is 2.13. The van der Waals surface area contributed by atoms with Gasteiger partial charge in [-0.15, -0.1) is 0 Å².